The molecule has 21 heavy (non-hydrogen) atoms. The highest BCUT2D eigenvalue weighted by atomic mass is 16.5. The summed E-state index contributed by atoms with van der Waals surface area (Å²) in [5.74, 6) is -1.35. The van der Waals surface area contributed by atoms with Crippen molar-refractivity contribution in [1.29, 1.82) is 0 Å². The van der Waals surface area contributed by atoms with Crippen molar-refractivity contribution >= 4 is 11.9 Å². The van der Waals surface area contributed by atoms with E-state index >= 15 is 0 Å². The summed E-state index contributed by atoms with van der Waals surface area (Å²) in [5.41, 5.74) is -1.34. The first-order chi connectivity index (χ1) is 9.87. The highest BCUT2D eigenvalue weighted by molar-refractivity contribution is 5.94. The molecule has 1 saturated heterocycles. The van der Waals surface area contributed by atoms with Gasteiger partial charge in [-0.05, 0) is 40.2 Å². The summed E-state index contributed by atoms with van der Waals surface area (Å²) in [6.45, 7) is 5.77. The smallest absolute Gasteiger partial charge is 0.329 e. The molecule has 0 spiro atoms. The lowest BCUT2D eigenvalue weighted by Gasteiger charge is -2.33. The number of carbonyl (C=O) groups excluding carboxylic acids is 1. The number of likely N-dealkylation sites (N-methyl/N-ethyl adjacent to an activating group) is 1. The quantitative estimate of drug-likeness (QED) is 0.827. The average Bonchev–Trinajstić information content (AvgIpc) is 3.10. The van der Waals surface area contributed by atoms with Crippen LogP contribution in [0.5, 0.6) is 0 Å². The minimum absolute atomic E-state index is 0.0263. The molecule has 2 heterocycles. The molecule has 8 heteroatoms. The molecule has 1 amide bonds. The van der Waals surface area contributed by atoms with Crippen LogP contribution in [0.3, 0.4) is 0 Å². The third-order valence-corrected chi connectivity index (χ3v) is 3.75. The summed E-state index contributed by atoms with van der Waals surface area (Å²) in [7, 11) is 0. The van der Waals surface area contributed by atoms with Crippen molar-refractivity contribution in [1.82, 2.24) is 20.4 Å². The van der Waals surface area contributed by atoms with Gasteiger partial charge in [0, 0.05) is 6.54 Å². The second-order valence-corrected chi connectivity index (χ2v) is 5.52. The van der Waals surface area contributed by atoms with E-state index in [-0.39, 0.29) is 18.4 Å². The second kappa shape index (κ2) is 5.80. The van der Waals surface area contributed by atoms with Crippen molar-refractivity contribution in [3.8, 4) is 0 Å². The van der Waals surface area contributed by atoms with Crippen molar-refractivity contribution in [2.45, 2.75) is 45.2 Å². The minimum Gasteiger partial charge on any atom is -0.480 e. The van der Waals surface area contributed by atoms with E-state index in [4.69, 9.17) is 4.52 Å². The van der Waals surface area contributed by atoms with Gasteiger partial charge in [-0.2, -0.15) is 4.98 Å². The van der Waals surface area contributed by atoms with Crippen LogP contribution in [0.2, 0.25) is 0 Å². The molecule has 1 atom stereocenters. The lowest BCUT2D eigenvalue weighted by Crippen LogP contribution is -2.53. The molecule has 0 aliphatic carbocycles. The second-order valence-electron chi connectivity index (χ2n) is 5.52. The number of amides is 1. The van der Waals surface area contributed by atoms with Crippen molar-refractivity contribution < 1.29 is 19.2 Å². The normalized spacial score (nSPS) is 18.7. The zero-order valence-electron chi connectivity index (χ0n) is 12.4. The Morgan fingerprint density at radius 3 is 2.76 bits per heavy atom. The van der Waals surface area contributed by atoms with Gasteiger partial charge >= 0.3 is 5.97 Å². The van der Waals surface area contributed by atoms with Crippen LogP contribution in [0.15, 0.2) is 4.52 Å². The van der Waals surface area contributed by atoms with E-state index < -0.39 is 17.4 Å². The SMILES string of the molecule is CCN(C(=O)c1noc(C2CCCN2)n1)C(C)(C)C(=O)O. The fraction of sp³-hybridized carbons (Fsp3) is 0.692. The Balaban J connectivity index is 2.20. The molecule has 1 unspecified atom stereocenters. The van der Waals surface area contributed by atoms with E-state index in [0.29, 0.717) is 5.89 Å². The van der Waals surface area contributed by atoms with Crippen molar-refractivity contribution in [3.05, 3.63) is 11.7 Å². The number of carbonyl (C=O) groups is 2. The van der Waals surface area contributed by atoms with Crippen LogP contribution < -0.4 is 5.32 Å². The van der Waals surface area contributed by atoms with Gasteiger partial charge in [0.25, 0.3) is 11.7 Å². The van der Waals surface area contributed by atoms with E-state index in [1.807, 2.05) is 0 Å². The van der Waals surface area contributed by atoms with E-state index in [1.54, 1.807) is 6.92 Å². The molecule has 1 aromatic heterocycles. The van der Waals surface area contributed by atoms with Gasteiger partial charge in [-0.25, -0.2) is 4.79 Å². The number of hydrogen-bond donors (Lipinski definition) is 2. The fourth-order valence-corrected chi connectivity index (χ4v) is 2.39. The molecule has 2 N–H and O–H groups in total. The van der Waals surface area contributed by atoms with Gasteiger partial charge in [-0.3, -0.25) is 4.79 Å². The van der Waals surface area contributed by atoms with Crippen LogP contribution in [-0.2, 0) is 4.79 Å². The summed E-state index contributed by atoms with van der Waals surface area (Å²) in [6, 6.07) is -0.0263. The molecular weight excluding hydrogens is 276 g/mol. The summed E-state index contributed by atoms with van der Waals surface area (Å²) < 4.78 is 5.12. The Morgan fingerprint density at radius 1 is 1.52 bits per heavy atom. The summed E-state index contributed by atoms with van der Waals surface area (Å²) >= 11 is 0. The Kier molecular flexibility index (Phi) is 4.26. The average molecular weight is 296 g/mol. The first-order valence-corrected chi connectivity index (χ1v) is 7.00. The van der Waals surface area contributed by atoms with Crippen LogP contribution in [-0.4, -0.2) is 50.7 Å². The van der Waals surface area contributed by atoms with Gasteiger partial charge in [0.2, 0.25) is 5.89 Å². The number of carboxylic acid groups (broad SMARTS) is 1. The van der Waals surface area contributed by atoms with E-state index in [9.17, 15) is 14.7 Å². The Hall–Kier alpha value is -1.96. The van der Waals surface area contributed by atoms with Gasteiger partial charge in [0.05, 0.1) is 6.04 Å². The number of nitrogens with one attached hydrogen (secondary N) is 1. The maximum atomic E-state index is 12.4. The Morgan fingerprint density at radius 2 is 2.24 bits per heavy atom. The van der Waals surface area contributed by atoms with Gasteiger partial charge in [0.15, 0.2) is 0 Å². The van der Waals surface area contributed by atoms with Crippen LogP contribution in [0.4, 0.5) is 0 Å². The van der Waals surface area contributed by atoms with Crippen molar-refractivity contribution in [2.75, 3.05) is 13.1 Å². The maximum absolute atomic E-state index is 12.4. The van der Waals surface area contributed by atoms with Crippen LogP contribution in [0.25, 0.3) is 0 Å². The predicted molar refractivity (Wildman–Crippen MR) is 72.7 cm³/mol. The molecule has 0 radical (unpaired) electrons. The third-order valence-electron chi connectivity index (χ3n) is 3.75. The number of rotatable bonds is 5. The van der Waals surface area contributed by atoms with Gasteiger partial charge in [-0.15, -0.1) is 0 Å². The van der Waals surface area contributed by atoms with Crippen LogP contribution >= 0.6 is 0 Å². The number of aromatic nitrogens is 2. The maximum Gasteiger partial charge on any atom is 0.329 e. The summed E-state index contributed by atoms with van der Waals surface area (Å²) in [5, 5.41) is 16.1. The monoisotopic (exact) mass is 296 g/mol. The predicted octanol–water partition coefficient (Wildman–Crippen LogP) is 0.819. The molecule has 116 valence electrons. The molecule has 1 aliphatic rings. The number of aliphatic carboxylic acids is 1. The van der Waals surface area contributed by atoms with Gasteiger partial charge in [0.1, 0.15) is 5.54 Å². The highest BCUT2D eigenvalue weighted by Crippen LogP contribution is 2.22. The Bertz CT molecular complexity index is 534. The lowest BCUT2D eigenvalue weighted by molar-refractivity contribution is -0.147. The molecule has 1 fully saturated rings. The molecule has 0 aromatic carbocycles. The van der Waals surface area contributed by atoms with E-state index in [0.717, 1.165) is 19.4 Å². The zero-order chi connectivity index (χ0) is 15.6. The van der Waals surface area contributed by atoms with E-state index in [2.05, 4.69) is 15.5 Å². The largest absolute Gasteiger partial charge is 0.480 e. The number of hydrogen-bond acceptors (Lipinski definition) is 6. The topological polar surface area (TPSA) is 109 Å². The molecule has 0 saturated carbocycles. The molecule has 0 bridgehead atoms. The first kappa shape index (κ1) is 15.4. The molecule has 8 nitrogen and oxygen atoms in total. The fourth-order valence-electron chi connectivity index (χ4n) is 2.39. The lowest BCUT2D eigenvalue weighted by atomic mass is 10.0. The molecule has 2 rings (SSSR count). The number of nitrogens with zero attached hydrogens (tertiary/aromatic N) is 3. The van der Waals surface area contributed by atoms with Crippen molar-refractivity contribution in [2.24, 2.45) is 0 Å². The first-order valence-electron chi connectivity index (χ1n) is 7.00. The summed E-state index contributed by atoms with van der Waals surface area (Å²) in [4.78, 5) is 29.0. The molecular formula is C13H20N4O4. The van der Waals surface area contributed by atoms with Crippen LogP contribution in [0, 0.1) is 0 Å². The molecule has 1 aliphatic heterocycles. The highest BCUT2D eigenvalue weighted by Gasteiger charge is 2.39. The third kappa shape index (κ3) is 2.90. The minimum atomic E-state index is -1.34. The summed E-state index contributed by atoms with van der Waals surface area (Å²) in [6.07, 6.45) is 1.90. The van der Waals surface area contributed by atoms with Crippen molar-refractivity contribution in [3.63, 3.8) is 0 Å². The molecule has 1 aromatic rings. The Labute approximate surface area is 122 Å². The van der Waals surface area contributed by atoms with Crippen LogP contribution in [0.1, 0.15) is 56.2 Å². The van der Waals surface area contributed by atoms with Gasteiger partial charge < -0.3 is 19.8 Å². The zero-order valence-corrected chi connectivity index (χ0v) is 12.4. The number of carboxylic acids is 1. The van der Waals surface area contributed by atoms with Gasteiger partial charge in [-0.1, -0.05) is 5.16 Å². The van der Waals surface area contributed by atoms with E-state index in [1.165, 1.54) is 18.7 Å². The standard InChI is InChI=1S/C13H20N4O4/c1-4-17(13(2,3)12(19)20)11(18)9-15-10(21-16-9)8-6-5-7-14-8/h8,14H,4-7H2,1-3H3,(H,19,20).